The van der Waals surface area contributed by atoms with Gasteiger partial charge in [-0.1, -0.05) is 11.8 Å². The zero-order chi connectivity index (χ0) is 15.0. The molecule has 0 radical (unpaired) electrons. The Hall–Kier alpha value is -1.83. The van der Waals surface area contributed by atoms with Crippen LogP contribution >= 0.6 is 0 Å². The van der Waals surface area contributed by atoms with Crippen LogP contribution in [0.25, 0.3) is 0 Å². The fourth-order valence-corrected chi connectivity index (χ4v) is 1.90. The second-order valence-corrected chi connectivity index (χ2v) is 4.67. The highest BCUT2D eigenvalue weighted by atomic mass is 16.5. The molecule has 1 aromatic carbocycles. The van der Waals surface area contributed by atoms with Crippen LogP contribution in [0.15, 0.2) is 18.2 Å². The van der Waals surface area contributed by atoms with Gasteiger partial charge in [0.15, 0.2) is 0 Å². The van der Waals surface area contributed by atoms with Crippen molar-refractivity contribution in [2.75, 3.05) is 33.9 Å². The highest BCUT2D eigenvalue weighted by molar-refractivity contribution is 5.94. The van der Waals surface area contributed by atoms with Crippen molar-refractivity contribution in [3.8, 4) is 11.8 Å². The molecule has 0 saturated heterocycles. The van der Waals surface area contributed by atoms with Crippen molar-refractivity contribution in [1.82, 2.24) is 4.90 Å². The molecule has 1 rings (SSSR count). The second kappa shape index (κ2) is 8.36. The SMILES string of the molecule is COCCCN(C)C(=O)c1cc(C)cc(C#CCN)c1. The Morgan fingerprint density at radius 2 is 2.15 bits per heavy atom. The average molecular weight is 274 g/mol. The van der Waals surface area contributed by atoms with E-state index in [1.54, 1.807) is 19.1 Å². The molecule has 0 aliphatic rings. The van der Waals surface area contributed by atoms with Crippen LogP contribution in [-0.2, 0) is 4.74 Å². The number of methoxy groups -OCH3 is 1. The minimum atomic E-state index is 0.000557. The van der Waals surface area contributed by atoms with Crippen molar-refractivity contribution in [1.29, 1.82) is 0 Å². The standard InChI is InChI=1S/C16H22N2O2/c1-13-10-14(6-4-7-17)12-15(11-13)16(19)18(2)8-5-9-20-3/h10-12H,5,7-9,17H2,1-3H3. The third kappa shape index (κ3) is 5.04. The summed E-state index contributed by atoms with van der Waals surface area (Å²) < 4.78 is 4.99. The molecular formula is C16H22N2O2. The number of ether oxygens (including phenoxy) is 1. The summed E-state index contributed by atoms with van der Waals surface area (Å²) in [5.74, 6) is 5.77. The van der Waals surface area contributed by atoms with Crippen LogP contribution in [0.4, 0.5) is 0 Å². The van der Waals surface area contributed by atoms with Gasteiger partial charge in [0.2, 0.25) is 0 Å². The van der Waals surface area contributed by atoms with E-state index in [4.69, 9.17) is 10.5 Å². The highest BCUT2D eigenvalue weighted by Gasteiger charge is 2.12. The van der Waals surface area contributed by atoms with Crippen LogP contribution < -0.4 is 5.73 Å². The highest BCUT2D eigenvalue weighted by Crippen LogP contribution is 2.11. The molecule has 0 saturated carbocycles. The maximum absolute atomic E-state index is 12.3. The summed E-state index contributed by atoms with van der Waals surface area (Å²) in [5, 5.41) is 0. The van der Waals surface area contributed by atoms with Gasteiger partial charge in [0.05, 0.1) is 6.54 Å². The number of hydrogen-bond donors (Lipinski definition) is 1. The molecule has 0 atom stereocenters. The lowest BCUT2D eigenvalue weighted by Gasteiger charge is -2.17. The molecule has 4 heteroatoms. The fourth-order valence-electron chi connectivity index (χ4n) is 1.90. The molecule has 4 nitrogen and oxygen atoms in total. The van der Waals surface area contributed by atoms with E-state index in [-0.39, 0.29) is 5.91 Å². The van der Waals surface area contributed by atoms with E-state index in [0.717, 1.165) is 17.5 Å². The first-order chi connectivity index (χ1) is 9.58. The summed E-state index contributed by atoms with van der Waals surface area (Å²) in [4.78, 5) is 14.0. The fraction of sp³-hybridized carbons (Fsp3) is 0.438. The topological polar surface area (TPSA) is 55.6 Å². The van der Waals surface area contributed by atoms with Crippen LogP contribution in [0.3, 0.4) is 0 Å². The molecule has 108 valence electrons. The van der Waals surface area contributed by atoms with Crippen molar-refractivity contribution >= 4 is 5.91 Å². The van der Waals surface area contributed by atoms with Crippen LogP contribution in [0.5, 0.6) is 0 Å². The number of hydrogen-bond acceptors (Lipinski definition) is 3. The van der Waals surface area contributed by atoms with Crippen molar-refractivity contribution in [3.05, 3.63) is 34.9 Å². The Morgan fingerprint density at radius 1 is 1.40 bits per heavy atom. The minimum absolute atomic E-state index is 0.000557. The zero-order valence-corrected chi connectivity index (χ0v) is 12.4. The lowest BCUT2D eigenvalue weighted by Crippen LogP contribution is -2.28. The van der Waals surface area contributed by atoms with Crippen molar-refractivity contribution in [3.63, 3.8) is 0 Å². The first kappa shape index (κ1) is 16.2. The van der Waals surface area contributed by atoms with E-state index in [1.165, 1.54) is 0 Å². The Morgan fingerprint density at radius 3 is 2.80 bits per heavy atom. The van der Waals surface area contributed by atoms with Gasteiger partial charge in [0, 0.05) is 38.4 Å². The van der Waals surface area contributed by atoms with Crippen molar-refractivity contribution in [2.24, 2.45) is 5.73 Å². The third-order valence-electron chi connectivity index (χ3n) is 2.85. The van der Waals surface area contributed by atoms with Crippen LogP contribution in [0.2, 0.25) is 0 Å². The van der Waals surface area contributed by atoms with Gasteiger partial charge in [-0.15, -0.1) is 0 Å². The smallest absolute Gasteiger partial charge is 0.253 e. The minimum Gasteiger partial charge on any atom is -0.385 e. The monoisotopic (exact) mass is 274 g/mol. The molecule has 0 aromatic heterocycles. The van der Waals surface area contributed by atoms with E-state index in [9.17, 15) is 4.79 Å². The predicted molar refractivity (Wildman–Crippen MR) is 80.6 cm³/mol. The Balaban J connectivity index is 2.84. The summed E-state index contributed by atoms with van der Waals surface area (Å²) in [5.41, 5.74) is 7.87. The van der Waals surface area contributed by atoms with E-state index in [0.29, 0.717) is 25.3 Å². The average Bonchev–Trinajstić information content (AvgIpc) is 2.43. The van der Waals surface area contributed by atoms with Crippen LogP contribution in [0, 0.1) is 18.8 Å². The van der Waals surface area contributed by atoms with Crippen molar-refractivity contribution < 1.29 is 9.53 Å². The van der Waals surface area contributed by atoms with Gasteiger partial charge in [-0.05, 0) is 37.1 Å². The predicted octanol–water partition coefficient (Wildman–Crippen LogP) is 1.41. The molecule has 0 heterocycles. The number of amides is 1. The number of rotatable bonds is 5. The lowest BCUT2D eigenvalue weighted by atomic mass is 10.1. The first-order valence-electron chi connectivity index (χ1n) is 6.63. The van der Waals surface area contributed by atoms with Gasteiger partial charge in [0.25, 0.3) is 5.91 Å². The van der Waals surface area contributed by atoms with Gasteiger partial charge in [-0.25, -0.2) is 0 Å². The summed E-state index contributed by atoms with van der Waals surface area (Å²) in [6.07, 6.45) is 0.824. The van der Waals surface area contributed by atoms with Gasteiger partial charge < -0.3 is 15.4 Å². The summed E-state index contributed by atoms with van der Waals surface area (Å²) in [7, 11) is 3.45. The number of aryl methyl sites for hydroxylation is 1. The third-order valence-corrected chi connectivity index (χ3v) is 2.85. The van der Waals surface area contributed by atoms with E-state index >= 15 is 0 Å². The summed E-state index contributed by atoms with van der Waals surface area (Å²) in [6, 6.07) is 5.64. The van der Waals surface area contributed by atoms with Crippen molar-refractivity contribution in [2.45, 2.75) is 13.3 Å². The number of nitrogens with zero attached hydrogens (tertiary/aromatic N) is 1. The molecule has 0 unspecified atom stereocenters. The van der Waals surface area contributed by atoms with Gasteiger partial charge in [-0.2, -0.15) is 0 Å². The van der Waals surface area contributed by atoms with E-state index in [1.807, 2.05) is 25.1 Å². The van der Waals surface area contributed by atoms with E-state index in [2.05, 4.69) is 11.8 Å². The maximum Gasteiger partial charge on any atom is 0.253 e. The normalized spacial score (nSPS) is 9.80. The molecule has 0 spiro atoms. The Bertz CT molecular complexity index is 515. The van der Waals surface area contributed by atoms with E-state index < -0.39 is 0 Å². The molecule has 0 bridgehead atoms. The lowest BCUT2D eigenvalue weighted by molar-refractivity contribution is 0.0779. The largest absolute Gasteiger partial charge is 0.385 e. The molecule has 2 N–H and O–H groups in total. The van der Waals surface area contributed by atoms with Crippen LogP contribution in [-0.4, -0.2) is 44.7 Å². The molecule has 0 fully saturated rings. The van der Waals surface area contributed by atoms with Gasteiger partial charge in [-0.3, -0.25) is 4.79 Å². The van der Waals surface area contributed by atoms with Crippen LogP contribution in [0.1, 0.15) is 27.9 Å². The van der Waals surface area contributed by atoms with Gasteiger partial charge in [0.1, 0.15) is 0 Å². The Labute approximate surface area is 120 Å². The second-order valence-electron chi connectivity index (χ2n) is 4.67. The molecule has 1 amide bonds. The number of carbonyl (C=O) groups is 1. The summed E-state index contributed by atoms with van der Waals surface area (Å²) >= 11 is 0. The quantitative estimate of drug-likeness (QED) is 0.652. The summed E-state index contributed by atoms with van der Waals surface area (Å²) in [6.45, 7) is 3.59. The molecule has 1 aromatic rings. The zero-order valence-electron chi connectivity index (χ0n) is 12.4. The number of nitrogens with two attached hydrogens (primary N) is 1. The number of carbonyl (C=O) groups excluding carboxylic acids is 1. The number of benzene rings is 1. The molecular weight excluding hydrogens is 252 g/mol. The molecule has 0 aliphatic heterocycles. The molecule has 0 aliphatic carbocycles. The maximum atomic E-state index is 12.3. The first-order valence-corrected chi connectivity index (χ1v) is 6.63. The van der Waals surface area contributed by atoms with Gasteiger partial charge >= 0.3 is 0 Å². The molecule has 20 heavy (non-hydrogen) atoms. The Kier molecular flexibility index (Phi) is 6.78.